The van der Waals surface area contributed by atoms with E-state index in [-0.39, 0.29) is 30.1 Å². The predicted molar refractivity (Wildman–Crippen MR) is 99.0 cm³/mol. The Hall–Kier alpha value is -0.980. The Morgan fingerprint density at radius 3 is 2.52 bits per heavy atom. The van der Waals surface area contributed by atoms with Crippen molar-refractivity contribution in [3.05, 3.63) is 29.8 Å². The first kappa shape index (κ1) is 18.1. The number of rotatable bonds is 5. The summed E-state index contributed by atoms with van der Waals surface area (Å²) in [7, 11) is 0. The lowest BCUT2D eigenvalue weighted by Gasteiger charge is -2.20. The number of halogens is 1. The number of ether oxygens (including phenoxy) is 1. The summed E-state index contributed by atoms with van der Waals surface area (Å²) in [5, 5.41) is 6.53. The van der Waals surface area contributed by atoms with Gasteiger partial charge in [-0.1, -0.05) is 26.0 Å². The Bertz CT molecular complexity index is 445. The summed E-state index contributed by atoms with van der Waals surface area (Å²) < 4.78 is 5.89. The van der Waals surface area contributed by atoms with Gasteiger partial charge in [0, 0.05) is 13.1 Å². The lowest BCUT2D eigenvalue weighted by Crippen LogP contribution is -2.44. The van der Waals surface area contributed by atoms with Crippen LogP contribution < -0.4 is 15.4 Å². The summed E-state index contributed by atoms with van der Waals surface area (Å²) in [5.74, 6) is 2.36. The quantitative estimate of drug-likeness (QED) is 0.743. The molecule has 0 amide bonds. The summed E-state index contributed by atoms with van der Waals surface area (Å²) in [4.78, 5) is 4.38. The third-order valence-electron chi connectivity index (χ3n) is 3.34. The van der Waals surface area contributed by atoms with E-state index < -0.39 is 0 Å². The van der Waals surface area contributed by atoms with Crippen LogP contribution >= 0.6 is 24.0 Å². The molecule has 118 valence electrons. The minimum absolute atomic E-state index is 0. The molecule has 1 aliphatic heterocycles. The SMILES string of the molecule is CC(CNC1=NCCCN1)Oc1ccc(C(C)C)cc1.I. The molecular formula is C16H26IN3O. The van der Waals surface area contributed by atoms with E-state index in [1.54, 1.807) is 0 Å². The van der Waals surface area contributed by atoms with Gasteiger partial charge < -0.3 is 15.4 Å². The molecule has 0 saturated heterocycles. The van der Waals surface area contributed by atoms with E-state index in [1.807, 2.05) is 12.1 Å². The highest BCUT2D eigenvalue weighted by atomic mass is 127. The molecule has 1 heterocycles. The van der Waals surface area contributed by atoms with Crippen LogP contribution in [-0.4, -0.2) is 31.7 Å². The van der Waals surface area contributed by atoms with E-state index in [0.29, 0.717) is 5.92 Å². The number of aliphatic imine (C=N–C) groups is 1. The lowest BCUT2D eigenvalue weighted by atomic mass is 10.0. The van der Waals surface area contributed by atoms with Gasteiger partial charge in [0.1, 0.15) is 11.9 Å². The van der Waals surface area contributed by atoms with Crippen LogP contribution in [0, 0.1) is 0 Å². The minimum atomic E-state index is 0. The largest absolute Gasteiger partial charge is 0.489 e. The van der Waals surface area contributed by atoms with E-state index in [2.05, 4.69) is 48.5 Å². The van der Waals surface area contributed by atoms with Crippen molar-refractivity contribution in [2.45, 2.75) is 39.2 Å². The maximum absolute atomic E-state index is 5.89. The van der Waals surface area contributed by atoms with Crippen LogP contribution in [0.25, 0.3) is 0 Å². The van der Waals surface area contributed by atoms with Gasteiger partial charge in [-0.25, -0.2) is 0 Å². The van der Waals surface area contributed by atoms with Crippen LogP contribution in [-0.2, 0) is 0 Å². The van der Waals surface area contributed by atoms with Gasteiger partial charge >= 0.3 is 0 Å². The Balaban J connectivity index is 0.00000220. The summed E-state index contributed by atoms with van der Waals surface area (Å²) in [6.07, 6.45) is 1.21. The maximum Gasteiger partial charge on any atom is 0.191 e. The van der Waals surface area contributed by atoms with Gasteiger partial charge in [0.25, 0.3) is 0 Å². The van der Waals surface area contributed by atoms with Crippen molar-refractivity contribution in [1.29, 1.82) is 0 Å². The van der Waals surface area contributed by atoms with E-state index in [9.17, 15) is 0 Å². The molecule has 1 unspecified atom stereocenters. The monoisotopic (exact) mass is 403 g/mol. The van der Waals surface area contributed by atoms with Gasteiger partial charge in [-0.15, -0.1) is 24.0 Å². The zero-order valence-electron chi connectivity index (χ0n) is 13.1. The molecule has 0 fully saturated rings. The molecule has 0 radical (unpaired) electrons. The van der Waals surface area contributed by atoms with Crippen molar-refractivity contribution < 1.29 is 4.74 Å². The number of nitrogens with one attached hydrogen (secondary N) is 2. The van der Waals surface area contributed by atoms with E-state index in [4.69, 9.17) is 4.74 Å². The molecule has 1 aromatic carbocycles. The fourth-order valence-electron chi connectivity index (χ4n) is 2.10. The second-order valence-corrected chi connectivity index (χ2v) is 5.54. The average Bonchev–Trinajstić information content (AvgIpc) is 2.47. The molecule has 1 atom stereocenters. The topological polar surface area (TPSA) is 45.7 Å². The Morgan fingerprint density at radius 2 is 1.95 bits per heavy atom. The molecule has 5 heteroatoms. The zero-order chi connectivity index (χ0) is 14.4. The van der Waals surface area contributed by atoms with E-state index >= 15 is 0 Å². The highest BCUT2D eigenvalue weighted by Crippen LogP contribution is 2.19. The van der Waals surface area contributed by atoms with Gasteiger partial charge in [-0.3, -0.25) is 4.99 Å². The smallest absolute Gasteiger partial charge is 0.191 e. The number of nitrogens with zero attached hydrogens (tertiary/aromatic N) is 1. The van der Waals surface area contributed by atoms with Crippen LogP contribution in [0.1, 0.15) is 38.7 Å². The number of hydrogen-bond donors (Lipinski definition) is 2. The first-order chi connectivity index (χ1) is 9.65. The molecule has 1 aromatic rings. The molecule has 0 bridgehead atoms. The zero-order valence-corrected chi connectivity index (χ0v) is 15.4. The first-order valence-electron chi connectivity index (χ1n) is 7.44. The standard InChI is InChI=1S/C16H25N3O.HI/c1-12(2)14-5-7-15(8-6-14)20-13(3)11-19-16-17-9-4-10-18-16;/h5-8,12-13H,4,9-11H2,1-3H3,(H2,17,18,19);1H. The third kappa shape index (κ3) is 6.11. The van der Waals surface area contributed by atoms with Gasteiger partial charge in [-0.2, -0.15) is 0 Å². The van der Waals surface area contributed by atoms with E-state index in [1.165, 1.54) is 5.56 Å². The van der Waals surface area contributed by atoms with Crippen molar-refractivity contribution in [1.82, 2.24) is 10.6 Å². The molecular weight excluding hydrogens is 377 g/mol. The second-order valence-electron chi connectivity index (χ2n) is 5.54. The molecule has 0 saturated carbocycles. The number of guanidine groups is 1. The second kappa shape index (κ2) is 9.12. The van der Waals surface area contributed by atoms with Gasteiger partial charge in [0.05, 0.1) is 6.54 Å². The fourth-order valence-corrected chi connectivity index (χ4v) is 2.10. The van der Waals surface area contributed by atoms with Crippen molar-refractivity contribution in [3.8, 4) is 5.75 Å². The van der Waals surface area contributed by atoms with Crippen LogP contribution in [0.4, 0.5) is 0 Å². The van der Waals surface area contributed by atoms with Gasteiger partial charge in [0.2, 0.25) is 0 Å². The lowest BCUT2D eigenvalue weighted by molar-refractivity contribution is 0.223. The molecule has 2 rings (SSSR count). The molecule has 0 aromatic heterocycles. The van der Waals surface area contributed by atoms with Gasteiger partial charge in [0.15, 0.2) is 5.96 Å². The van der Waals surface area contributed by atoms with Crippen LogP contribution in [0.3, 0.4) is 0 Å². The molecule has 2 N–H and O–H groups in total. The fraction of sp³-hybridized carbons (Fsp3) is 0.562. The van der Waals surface area contributed by atoms with E-state index in [0.717, 1.165) is 37.8 Å². The Kier molecular flexibility index (Phi) is 7.85. The van der Waals surface area contributed by atoms with Crippen LogP contribution in [0.2, 0.25) is 0 Å². The summed E-state index contributed by atoms with van der Waals surface area (Å²) in [6, 6.07) is 8.35. The normalized spacial score (nSPS) is 15.5. The van der Waals surface area contributed by atoms with Crippen molar-refractivity contribution >= 4 is 29.9 Å². The Morgan fingerprint density at radius 1 is 1.24 bits per heavy atom. The van der Waals surface area contributed by atoms with Gasteiger partial charge in [-0.05, 0) is 37.0 Å². The molecule has 1 aliphatic rings. The predicted octanol–water partition coefficient (Wildman–Crippen LogP) is 3.13. The first-order valence-corrected chi connectivity index (χ1v) is 7.44. The molecule has 21 heavy (non-hydrogen) atoms. The average molecular weight is 403 g/mol. The Labute approximate surface area is 144 Å². The summed E-state index contributed by atoms with van der Waals surface area (Å²) in [5.41, 5.74) is 1.34. The van der Waals surface area contributed by atoms with Crippen molar-refractivity contribution in [2.75, 3.05) is 19.6 Å². The number of benzene rings is 1. The molecule has 4 nitrogen and oxygen atoms in total. The van der Waals surface area contributed by atoms with Crippen molar-refractivity contribution in [2.24, 2.45) is 4.99 Å². The van der Waals surface area contributed by atoms with Crippen LogP contribution in [0.15, 0.2) is 29.3 Å². The van der Waals surface area contributed by atoms with Crippen molar-refractivity contribution in [3.63, 3.8) is 0 Å². The summed E-state index contributed by atoms with van der Waals surface area (Å²) in [6.45, 7) is 9.10. The summed E-state index contributed by atoms with van der Waals surface area (Å²) >= 11 is 0. The molecule has 0 aliphatic carbocycles. The highest BCUT2D eigenvalue weighted by Gasteiger charge is 2.08. The minimum Gasteiger partial charge on any atom is -0.489 e. The third-order valence-corrected chi connectivity index (χ3v) is 3.34. The molecule has 0 spiro atoms. The number of hydrogen-bond acceptors (Lipinski definition) is 4. The highest BCUT2D eigenvalue weighted by molar-refractivity contribution is 14.0. The van der Waals surface area contributed by atoms with Crippen LogP contribution in [0.5, 0.6) is 5.75 Å². The maximum atomic E-state index is 5.89.